The predicted octanol–water partition coefficient (Wildman–Crippen LogP) is 4.82. The normalized spacial score (nSPS) is 11.5. The number of hydrogen-bond donors (Lipinski definition) is 1. The molecule has 3 rings (SSSR count). The van der Waals surface area contributed by atoms with Gasteiger partial charge in [0.25, 0.3) is 10.0 Å². The number of carboxylic acid groups (broad SMARTS) is 1. The molecule has 0 heterocycles. The number of rotatable bonds is 6. The molecular weight excluding hydrogens is 409 g/mol. The van der Waals surface area contributed by atoms with Crippen molar-refractivity contribution >= 4 is 55.7 Å². The first-order chi connectivity index (χ1) is 12.8. The summed E-state index contributed by atoms with van der Waals surface area (Å²) in [7, 11) is -4.05. The lowest BCUT2D eigenvalue weighted by atomic mass is 10.1. The molecule has 0 radical (unpaired) electrons. The molecule has 1 N–H and O–H groups in total. The van der Waals surface area contributed by atoms with E-state index in [0.29, 0.717) is 11.1 Å². The molecule has 0 aromatic heterocycles. The van der Waals surface area contributed by atoms with Gasteiger partial charge in [0.1, 0.15) is 0 Å². The molecule has 8 heteroatoms. The van der Waals surface area contributed by atoms with Crippen molar-refractivity contribution in [3.63, 3.8) is 0 Å². The SMILES string of the molecule is O=C(O)CCN(c1cccc2ccccc12)S(=O)(=O)c1ccc(Cl)c(Cl)c1. The van der Waals surface area contributed by atoms with E-state index in [1.165, 1.54) is 18.2 Å². The molecule has 27 heavy (non-hydrogen) atoms. The van der Waals surface area contributed by atoms with E-state index < -0.39 is 16.0 Å². The number of halogens is 2. The number of aliphatic carboxylic acids is 1. The minimum atomic E-state index is -4.05. The average Bonchev–Trinajstić information content (AvgIpc) is 2.63. The monoisotopic (exact) mass is 423 g/mol. The summed E-state index contributed by atoms with van der Waals surface area (Å²) in [5.41, 5.74) is 0.403. The number of sulfonamides is 1. The molecule has 0 aliphatic rings. The molecule has 140 valence electrons. The Kier molecular flexibility index (Phi) is 5.60. The Morgan fingerprint density at radius 2 is 1.67 bits per heavy atom. The number of nitrogens with zero attached hydrogens (tertiary/aromatic N) is 1. The standard InChI is InChI=1S/C19H15Cl2NO4S/c20-16-9-8-14(12-17(16)21)27(25,26)22(11-10-19(23)24)18-7-3-5-13-4-1-2-6-15(13)18/h1-9,12H,10-11H2,(H,23,24). The van der Waals surface area contributed by atoms with Gasteiger partial charge in [0.05, 0.1) is 27.0 Å². The van der Waals surface area contributed by atoms with Crippen LogP contribution in [0.2, 0.25) is 10.0 Å². The third-order valence-corrected chi connectivity index (χ3v) is 6.59. The van der Waals surface area contributed by atoms with E-state index in [1.807, 2.05) is 18.2 Å². The second-order valence-corrected chi connectivity index (χ2v) is 8.47. The lowest BCUT2D eigenvalue weighted by molar-refractivity contribution is -0.136. The van der Waals surface area contributed by atoms with E-state index in [2.05, 4.69) is 0 Å². The number of hydrogen-bond acceptors (Lipinski definition) is 3. The van der Waals surface area contributed by atoms with E-state index in [-0.39, 0.29) is 27.9 Å². The van der Waals surface area contributed by atoms with Crippen LogP contribution in [0.1, 0.15) is 6.42 Å². The van der Waals surface area contributed by atoms with Crippen molar-refractivity contribution in [3.05, 3.63) is 70.7 Å². The number of fused-ring (bicyclic) bond motifs is 1. The summed E-state index contributed by atoms with van der Waals surface area (Å²) in [5.74, 6) is -1.09. The molecule has 3 aromatic carbocycles. The maximum atomic E-state index is 13.3. The van der Waals surface area contributed by atoms with Crippen molar-refractivity contribution in [2.24, 2.45) is 0 Å². The molecule has 0 bridgehead atoms. The summed E-state index contributed by atoms with van der Waals surface area (Å²) in [5, 5.41) is 11.0. The van der Waals surface area contributed by atoms with Crippen LogP contribution in [0, 0.1) is 0 Å². The number of anilines is 1. The van der Waals surface area contributed by atoms with Gasteiger partial charge in [0.15, 0.2) is 0 Å². The van der Waals surface area contributed by atoms with E-state index >= 15 is 0 Å². The van der Waals surface area contributed by atoms with Crippen LogP contribution in [0.25, 0.3) is 10.8 Å². The number of carboxylic acids is 1. The summed E-state index contributed by atoms with van der Waals surface area (Å²) in [6.07, 6.45) is -0.343. The highest BCUT2D eigenvalue weighted by atomic mass is 35.5. The molecule has 5 nitrogen and oxygen atoms in total. The molecule has 0 aliphatic carbocycles. The Balaban J connectivity index is 2.18. The highest BCUT2D eigenvalue weighted by molar-refractivity contribution is 7.92. The second-order valence-electron chi connectivity index (χ2n) is 5.80. The zero-order valence-electron chi connectivity index (χ0n) is 14.0. The van der Waals surface area contributed by atoms with Gasteiger partial charge in [-0.1, -0.05) is 59.6 Å². The van der Waals surface area contributed by atoms with Crippen molar-refractivity contribution < 1.29 is 18.3 Å². The highest BCUT2D eigenvalue weighted by Crippen LogP contribution is 2.33. The minimum Gasteiger partial charge on any atom is -0.481 e. The maximum absolute atomic E-state index is 13.3. The van der Waals surface area contributed by atoms with Crippen LogP contribution in [0.4, 0.5) is 5.69 Å². The first-order valence-electron chi connectivity index (χ1n) is 7.98. The number of carbonyl (C=O) groups is 1. The average molecular weight is 424 g/mol. The molecule has 0 saturated carbocycles. The van der Waals surface area contributed by atoms with Gasteiger partial charge in [-0.05, 0) is 29.7 Å². The van der Waals surface area contributed by atoms with Crippen molar-refractivity contribution in [2.45, 2.75) is 11.3 Å². The fraction of sp³-hybridized carbons (Fsp3) is 0.105. The maximum Gasteiger partial charge on any atom is 0.305 e. The molecule has 0 spiro atoms. The van der Waals surface area contributed by atoms with E-state index in [1.54, 1.807) is 24.3 Å². The van der Waals surface area contributed by atoms with Gasteiger partial charge in [0.2, 0.25) is 0 Å². The van der Waals surface area contributed by atoms with Crippen LogP contribution >= 0.6 is 23.2 Å². The zero-order chi connectivity index (χ0) is 19.6. The summed E-state index contributed by atoms with van der Waals surface area (Å²) in [6.45, 7) is -0.216. The van der Waals surface area contributed by atoms with Crippen molar-refractivity contribution in [1.82, 2.24) is 0 Å². The Hall–Kier alpha value is -2.28. The third-order valence-electron chi connectivity index (χ3n) is 4.04. The van der Waals surface area contributed by atoms with Crippen LogP contribution in [-0.2, 0) is 14.8 Å². The molecular formula is C19H15Cl2NO4S. The molecule has 0 saturated heterocycles. The van der Waals surface area contributed by atoms with Crippen LogP contribution < -0.4 is 4.31 Å². The Morgan fingerprint density at radius 1 is 0.963 bits per heavy atom. The topological polar surface area (TPSA) is 74.7 Å². The van der Waals surface area contributed by atoms with Crippen LogP contribution in [-0.4, -0.2) is 26.0 Å². The minimum absolute atomic E-state index is 0.0600. The number of benzene rings is 3. The molecule has 0 fully saturated rings. The highest BCUT2D eigenvalue weighted by Gasteiger charge is 2.27. The van der Waals surface area contributed by atoms with Crippen molar-refractivity contribution in [2.75, 3.05) is 10.8 Å². The summed E-state index contributed by atoms with van der Waals surface area (Å²) in [4.78, 5) is 11.0. The van der Waals surface area contributed by atoms with Gasteiger partial charge in [0, 0.05) is 11.9 Å². The van der Waals surface area contributed by atoms with E-state index in [9.17, 15) is 13.2 Å². The predicted molar refractivity (Wildman–Crippen MR) is 107 cm³/mol. The first kappa shape index (κ1) is 19.5. The fourth-order valence-electron chi connectivity index (χ4n) is 2.76. The smallest absolute Gasteiger partial charge is 0.305 e. The molecule has 0 unspecified atom stereocenters. The Labute approximate surface area is 166 Å². The van der Waals surface area contributed by atoms with Crippen LogP contribution in [0.5, 0.6) is 0 Å². The van der Waals surface area contributed by atoms with Gasteiger partial charge in [-0.25, -0.2) is 8.42 Å². The lowest BCUT2D eigenvalue weighted by Gasteiger charge is -2.25. The van der Waals surface area contributed by atoms with E-state index in [0.717, 1.165) is 9.69 Å². The third kappa shape index (κ3) is 4.03. The van der Waals surface area contributed by atoms with Gasteiger partial charge in [-0.2, -0.15) is 0 Å². The zero-order valence-corrected chi connectivity index (χ0v) is 16.3. The van der Waals surface area contributed by atoms with Gasteiger partial charge < -0.3 is 5.11 Å². The van der Waals surface area contributed by atoms with Crippen molar-refractivity contribution in [3.8, 4) is 0 Å². The van der Waals surface area contributed by atoms with Gasteiger partial charge in [-0.15, -0.1) is 0 Å². The Bertz CT molecular complexity index is 1110. The van der Waals surface area contributed by atoms with Gasteiger partial charge >= 0.3 is 5.97 Å². The molecule has 3 aromatic rings. The summed E-state index contributed by atoms with van der Waals surface area (Å²) < 4.78 is 27.7. The second kappa shape index (κ2) is 7.76. The van der Waals surface area contributed by atoms with Gasteiger partial charge in [-0.3, -0.25) is 9.10 Å². The van der Waals surface area contributed by atoms with Crippen LogP contribution in [0.3, 0.4) is 0 Å². The largest absolute Gasteiger partial charge is 0.481 e. The van der Waals surface area contributed by atoms with E-state index in [4.69, 9.17) is 28.3 Å². The summed E-state index contributed by atoms with van der Waals surface area (Å²) >= 11 is 11.9. The van der Waals surface area contributed by atoms with Crippen molar-refractivity contribution in [1.29, 1.82) is 0 Å². The summed E-state index contributed by atoms with van der Waals surface area (Å²) in [6, 6.07) is 16.6. The lowest BCUT2D eigenvalue weighted by Crippen LogP contribution is -2.33. The quantitative estimate of drug-likeness (QED) is 0.616. The Morgan fingerprint density at radius 3 is 2.37 bits per heavy atom. The molecule has 0 amide bonds. The first-order valence-corrected chi connectivity index (χ1v) is 10.2. The molecule has 0 atom stereocenters. The molecule has 0 aliphatic heterocycles. The fourth-order valence-corrected chi connectivity index (χ4v) is 4.63. The van der Waals surface area contributed by atoms with Crippen LogP contribution in [0.15, 0.2) is 65.6 Å².